The number of hydrogen-bond donors (Lipinski definition) is 1. The standard InChI is InChI=1S/C21H24INO4/c22-9-11-25-13-14-26-12-10-23-21(24)27-15-20-18-7-3-1-5-16(18)17-6-2-4-8-19(17)20/h1-8,20H,9-15H2,(H,23,24). The lowest BCUT2D eigenvalue weighted by Crippen LogP contribution is -2.29. The van der Waals surface area contributed by atoms with Crippen LogP contribution in [0.2, 0.25) is 0 Å². The van der Waals surface area contributed by atoms with Crippen molar-refractivity contribution in [3.05, 3.63) is 59.7 Å². The summed E-state index contributed by atoms with van der Waals surface area (Å²) in [5.74, 6) is 0.0782. The van der Waals surface area contributed by atoms with E-state index in [1.165, 1.54) is 22.3 Å². The molecular weight excluding hydrogens is 457 g/mol. The molecule has 0 spiro atoms. The normalized spacial score (nSPS) is 12.5. The number of amides is 1. The van der Waals surface area contributed by atoms with Gasteiger partial charge >= 0.3 is 6.09 Å². The van der Waals surface area contributed by atoms with E-state index in [4.69, 9.17) is 14.2 Å². The lowest BCUT2D eigenvalue weighted by atomic mass is 9.98. The highest BCUT2D eigenvalue weighted by molar-refractivity contribution is 14.1. The summed E-state index contributed by atoms with van der Waals surface area (Å²) in [6.45, 7) is 3.03. The quantitative estimate of drug-likeness (QED) is 0.317. The molecule has 0 saturated heterocycles. The molecule has 144 valence electrons. The molecule has 0 fully saturated rings. The van der Waals surface area contributed by atoms with Crippen LogP contribution in [0, 0.1) is 0 Å². The molecule has 2 aromatic rings. The van der Waals surface area contributed by atoms with Gasteiger partial charge in [-0.1, -0.05) is 71.1 Å². The summed E-state index contributed by atoms with van der Waals surface area (Å²) < 4.78 is 17.2. The Balaban J connectivity index is 1.42. The molecule has 0 aromatic heterocycles. The van der Waals surface area contributed by atoms with Crippen molar-refractivity contribution in [2.75, 3.05) is 44.0 Å². The highest BCUT2D eigenvalue weighted by Crippen LogP contribution is 2.44. The number of alkyl carbamates (subject to hydrolysis) is 1. The van der Waals surface area contributed by atoms with Crippen LogP contribution in [-0.2, 0) is 14.2 Å². The number of benzene rings is 2. The Hall–Kier alpha value is -1.64. The molecule has 0 bridgehead atoms. The summed E-state index contributed by atoms with van der Waals surface area (Å²) in [4.78, 5) is 12.0. The minimum atomic E-state index is -0.415. The zero-order chi connectivity index (χ0) is 18.9. The van der Waals surface area contributed by atoms with Crippen LogP contribution in [0.4, 0.5) is 4.79 Å². The largest absolute Gasteiger partial charge is 0.449 e. The molecule has 0 heterocycles. The predicted octanol–water partition coefficient (Wildman–Crippen LogP) is 3.99. The van der Waals surface area contributed by atoms with Gasteiger partial charge in [-0.3, -0.25) is 0 Å². The van der Waals surface area contributed by atoms with Gasteiger partial charge in [-0.2, -0.15) is 0 Å². The van der Waals surface area contributed by atoms with E-state index < -0.39 is 6.09 Å². The summed E-state index contributed by atoms with van der Waals surface area (Å²) in [7, 11) is 0. The third-order valence-electron chi connectivity index (χ3n) is 4.45. The van der Waals surface area contributed by atoms with Gasteiger partial charge in [0.15, 0.2) is 0 Å². The molecule has 0 atom stereocenters. The Kier molecular flexibility index (Phi) is 7.92. The summed E-state index contributed by atoms with van der Waals surface area (Å²) in [6, 6.07) is 16.6. The van der Waals surface area contributed by atoms with Crippen molar-refractivity contribution >= 4 is 28.7 Å². The van der Waals surface area contributed by atoms with E-state index in [1.54, 1.807) is 0 Å². The van der Waals surface area contributed by atoms with E-state index in [1.807, 2.05) is 24.3 Å². The summed E-state index contributed by atoms with van der Waals surface area (Å²) >= 11 is 2.26. The molecule has 6 heteroatoms. The molecule has 5 nitrogen and oxygen atoms in total. The van der Waals surface area contributed by atoms with E-state index in [-0.39, 0.29) is 5.92 Å². The van der Waals surface area contributed by atoms with Gasteiger partial charge in [0, 0.05) is 16.9 Å². The van der Waals surface area contributed by atoms with E-state index in [0.717, 1.165) is 11.0 Å². The second kappa shape index (κ2) is 10.6. The number of nitrogens with one attached hydrogen (secondary N) is 1. The van der Waals surface area contributed by atoms with E-state index in [9.17, 15) is 4.79 Å². The van der Waals surface area contributed by atoms with Gasteiger partial charge in [-0.25, -0.2) is 4.79 Å². The van der Waals surface area contributed by atoms with Gasteiger partial charge in [0.2, 0.25) is 0 Å². The zero-order valence-electron chi connectivity index (χ0n) is 15.2. The molecule has 3 rings (SSSR count). The van der Waals surface area contributed by atoms with Gasteiger partial charge in [0.1, 0.15) is 6.61 Å². The van der Waals surface area contributed by atoms with Crippen molar-refractivity contribution < 1.29 is 19.0 Å². The van der Waals surface area contributed by atoms with Gasteiger partial charge < -0.3 is 19.5 Å². The number of carbonyl (C=O) groups is 1. The monoisotopic (exact) mass is 481 g/mol. The average Bonchev–Trinajstić information content (AvgIpc) is 3.02. The molecule has 0 unspecified atom stereocenters. The number of alkyl halides is 1. The average molecular weight is 481 g/mol. The summed E-state index contributed by atoms with van der Waals surface area (Å²) in [5.41, 5.74) is 4.86. The molecule has 1 N–H and O–H groups in total. The highest BCUT2D eigenvalue weighted by atomic mass is 127. The number of hydrogen-bond acceptors (Lipinski definition) is 4. The van der Waals surface area contributed by atoms with Crippen molar-refractivity contribution in [2.24, 2.45) is 0 Å². The van der Waals surface area contributed by atoms with Gasteiger partial charge in [-0.05, 0) is 22.3 Å². The first-order chi connectivity index (χ1) is 13.3. The Bertz CT molecular complexity index is 707. The second-order valence-electron chi connectivity index (χ2n) is 6.17. The van der Waals surface area contributed by atoms with Crippen LogP contribution in [0.3, 0.4) is 0 Å². The third-order valence-corrected chi connectivity index (χ3v) is 4.89. The summed E-state index contributed by atoms with van der Waals surface area (Å²) in [5, 5.41) is 2.73. The maximum Gasteiger partial charge on any atom is 0.407 e. The topological polar surface area (TPSA) is 56.8 Å². The second-order valence-corrected chi connectivity index (χ2v) is 7.24. The molecule has 1 aliphatic carbocycles. The van der Waals surface area contributed by atoms with Crippen molar-refractivity contribution in [1.29, 1.82) is 0 Å². The molecular formula is C21H24INO4. The molecule has 0 radical (unpaired) electrons. The van der Waals surface area contributed by atoms with E-state index in [0.29, 0.717) is 33.0 Å². The fourth-order valence-electron chi connectivity index (χ4n) is 3.25. The molecule has 1 aliphatic rings. The van der Waals surface area contributed by atoms with Gasteiger partial charge in [-0.15, -0.1) is 0 Å². The van der Waals surface area contributed by atoms with Crippen molar-refractivity contribution in [3.8, 4) is 11.1 Å². The lowest BCUT2D eigenvalue weighted by molar-refractivity contribution is 0.0548. The molecule has 27 heavy (non-hydrogen) atoms. The van der Waals surface area contributed by atoms with Crippen LogP contribution >= 0.6 is 22.6 Å². The Morgan fingerprint density at radius 1 is 0.889 bits per heavy atom. The number of rotatable bonds is 10. The van der Waals surface area contributed by atoms with Crippen LogP contribution in [0.5, 0.6) is 0 Å². The van der Waals surface area contributed by atoms with Crippen LogP contribution in [-0.4, -0.2) is 50.1 Å². The van der Waals surface area contributed by atoms with E-state index in [2.05, 4.69) is 52.2 Å². The van der Waals surface area contributed by atoms with Crippen LogP contribution in [0.1, 0.15) is 17.0 Å². The Morgan fingerprint density at radius 2 is 1.48 bits per heavy atom. The smallest absolute Gasteiger partial charge is 0.407 e. The molecule has 1 amide bonds. The highest BCUT2D eigenvalue weighted by Gasteiger charge is 2.28. The molecule has 0 aliphatic heterocycles. The first kappa shape index (κ1) is 20.1. The van der Waals surface area contributed by atoms with Gasteiger partial charge in [0.25, 0.3) is 0 Å². The fourth-order valence-corrected chi connectivity index (χ4v) is 3.56. The van der Waals surface area contributed by atoms with Crippen molar-refractivity contribution in [1.82, 2.24) is 5.32 Å². The zero-order valence-corrected chi connectivity index (χ0v) is 17.3. The minimum absolute atomic E-state index is 0.0782. The maximum atomic E-state index is 12.0. The summed E-state index contributed by atoms with van der Waals surface area (Å²) in [6.07, 6.45) is -0.415. The fraction of sp³-hybridized carbons (Fsp3) is 0.381. The minimum Gasteiger partial charge on any atom is -0.449 e. The lowest BCUT2D eigenvalue weighted by Gasteiger charge is -2.14. The van der Waals surface area contributed by atoms with Crippen molar-refractivity contribution in [3.63, 3.8) is 0 Å². The van der Waals surface area contributed by atoms with E-state index >= 15 is 0 Å². The molecule has 0 saturated carbocycles. The number of ether oxygens (including phenoxy) is 3. The van der Waals surface area contributed by atoms with Crippen molar-refractivity contribution in [2.45, 2.75) is 5.92 Å². The van der Waals surface area contributed by atoms with Crippen LogP contribution in [0.25, 0.3) is 11.1 Å². The Morgan fingerprint density at radius 3 is 2.11 bits per heavy atom. The number of carbonyl (C=O) groups excluding carboxylic acids is 1. The third kappa shape index (κ3) is 5.43. The number of halogens is 1. The first-order valence-electron chi connectivity index (χ1n) is 9.11. The maximum absolute atomic E-state index is 12.0. The van der Waals surface area contributed by atoms with Crippen LogP contribution < -0.4 is 5.32 Å². The first-order valence-corrected chi connectivity index (χ1v) is 10.6. The molecule has 2 aromatic carbocycles. The van der Waals surface area contributed by atoms with Crippen LogP contribution in [0.15, 0.2) is 48.5 Å². The predicted molar refractivity (Wildman–Crippen MR) is 114 cm³/mol. The SMILES string of the molecule is O=C(NCCOCCOCCI)OCC1c2ccccc2-c2ccccc21. The van der Waals surface area contributed by atoms with Gasteiger partial charge in [0.05, 0.1) is 26.4 Å². The Labute approximate surface area is 173 Å². The number of fused-ring (bicyclic) bond motifs is 3.